The maximum Gasteiger partial charge on any atom is 0.241 e. The van der Waals surface area contributed by atoms with E-state index in [2.05, 4.69) is 147 Å². The van der Waals surface area contributed by atoms with Crippen LogP contribution in [0.3, 0.4) is 0 Å². The SMILES string of the molecule is C#CCC1(C(=O)Nc2ccc3[nH]nc(-c4ccnc(C)c4)c3c2)CCN(CC(=O)N2CC=C(C3=CCC=C3)CC2)C1.C#CCC1(C(=O)Nc2ccc3[nH]nc(-c4ccnc(C)c4)c3c2)CCN(CC(=O)N2CC=C(c3nccs3)CC2)C1.CSC1(C(=O)Nc2ccc3[nH]nc(-c4ccc(F)cc4)c3c2)CCN(CC(=O)N2CC=C(c3ccc(-c4ncccn4)cc3)CC2)C1. The van der Waals surface area contributed by atoms with E-state index in [0.717, 1.165) is 121 Å². The molecule has 12 aromatic rings. The number of benzene rings is 5. The second-order valence-electron chi connectivity index (χ2n) is 33.9. The van der Waals surface area contributed by atoms with Gasteiger partial charge in [-0.25, -0.2) is 19.3 Å². The molecule has 7 aliphatic rings. The number of aromatic amines is 3. The minimum absolute atomic E-state index is 0.0700. The van der Waals surface area contributed by atoms with Gasteiger partial charge in [-0.1, -0.05) is 60.7 Å². The number of aromatic nitrogens is 11. The third-order valence-corrected chi connectivity index (χ3v) is 27.6. The van der Waals surface area contributed by atoms with Crippen LogP contribution < -0.4 is 16.0 Å². The van der Waals surface area contributed by atoms with Crippen molar-refractivity contribution in [2.75, 3.05) is 120 Å². The van der Waals surface area contributed by atoms with Gasteiger partial charge in [0.05, 0.1) is 52.7 Å². The number of carbonyl (C=O) groups excluding carboxylic acids is 6. The fourth-order valence-corrected chi connectivity index (χ4v) is 19.7. The third-order valence-electron chi connectivity index (χ3n) is 25.4. The summed E-state index contributed by atoms with van der Waals surface area (Å²) in [6, 6.07) is 41.1. The monoisotopic (exact) mass is 1760 g/mol. The van der Waals surface area contributed by atoms with Gasteiger partial charge >= 0.3 is 0 Å². The second-order valence-corrected chi connectivity index (χ2v) is 36.0. The molecule has 3 unspecified atom stereocenters. The summed E-state index contributed by atoms with van der Waals surface area (Å²) in [5, 5.41) is 37.6. The molecule has 6 aliphatic heterocycles. The smallest absolute Gasteiger partial charge is 0.241 e. The number of thiazole rings is 1. The van der Waals surface area contributed by atoms with Crippen LogP contribution in [0.5, 0.6) is 0 Å². The highest BCUT2D eigenvalue weighted by molar-refractivity contribution is 8.00. The Morgan fingerprint density at radius 1 is 0.481 bits per heavy atom. The fourth-order valence-electron chi connectivity index (χ4n) is 18.2. The van der Waals surface area contributed by atoms with Gasteiger partial charge in [-0.3, -0.25) is 68.7 Å². The van der Waals surface area contributed by atoms with Crippen molar-refractivity contribution in [3.8, 4) is 69.8 Å². The number of fused-ring (bicyclic) bond motifs is 3. The number of nitrogens with zero attached hydrogens (tertiary/aromatic N) is 14. The number of carbonyl (C=O) groups is 6. The van der Waals surface area contributed by atoms with Crippen molar-refractivity contribution in [3.05, 3.63) is 245 Å². The summed E-state index contributed by atoms with van der Waals surface area (Å²) < 4.78 is 12.8. The Morgan fingerprint density at radius 3 is 1.39 bits per heavy atom. The number of likely N-dealkylation sites (tertiary alicyclic amines) is 3. The van der Waals surface area contributed by atoms with Crippen LogP contribution in [0.1, 0.15) is 79.7 Å². The van der Waals surface area contributed by atoms with Crippen molar-refractivity contribution < 1.29 is 33.2 Å². The minimum atomic E-state index is -0.759. The Kier molecular flexibility index (Phi) is 26.3. The van der Waals surface area contributed by atoms with Crippen molar-refractivity contribution in [2.45, 2.75) is 76.4 Å². The quantitative estimate of drug-likeness (QED) is 0.0344. The van der Waals surface area contributed by atoms with Crippen LogP contribution >= 0.6 is 23.1 Å². The lowest BCUT2D eigenvalue weighted by molar-refractivity contribution is -0.133. The molecule has 29 heteroatoms. The van der Waals surface area contributed by atoms with Crippen LogP contribution in [0.2, 0.25) is 0 Å². The predicted molar refractivity (Wildman–Crippen MR) is 506 cm³/mol. The summed E-state index contributed by atoms with van der Waals surface area (Å²) in [5.74, 6) is 5.76. The molecule has 3 atom stereocenters. The van der Waals surface area contributed by atoms with Gasteiger partial charge < -0.3 is 30.7 Å². The van der Waals surface area contributed by atoms with Gasteiger partial charge in [0.1, 0.15) is 27.0 Å². The zero-order valence-electron chi connectivity index (χ0n) is 72.2. The molecule has 3 saturated heterocycles. The van der Waals surface area contributed by atoms with Crippen molar-refractivity contribution >= 4 is 119 Å². The first kappa shape index (κ1) is 87.4. The lowest BCUT2D eigenvalue weighted by Gasteiger charge is -2.30. The van der Waals surface area contributed by atoms with Gasteiger partial charge in [-0.2, -0.15) is 15.3 Å². The van der Waals surface area contributed by atoms with Gasteiger partial charge in [0.25, 0.3) is 0 Å². The van der Waals surface area contributed by atoms with Crippen LogP contribution in [0.4, 0.5) is 21.5 Å². The molecule has 654 valence electrons. The first-order valence-electron chi connectivity index (χ1n) is 43.4. The van der Waals surface area contributed by atoms with Gasteiger partial charge in [0, 0.05) is 182 Å². The van der Waals surface area contributed by atoms with E-state index in [1.165, 1.54) is 46.2 Å². The number of hydrogen-bond acceptors (Lipinski definition) is 19. The van der Waals surface area contributed by atoms with Crippen LogP contribution in [0.25, 0.3) is 89.0 Å². The topological polar surface area (TPSA) is 308 Å². The summed E-state index contributed by atoms with van der Waals surface area (Å²) in [7, 11) is 0. The fraction of sp³-hybridized carbons (Fsp3) is 0.300. The lowest BCUT2D eigenvalue weighted by atomic mass is 9.82. The molecule has 19 rings (SSSR count). The second kappa shape index (κ2) is 38.9. The number of thioether (sulfide) groups is 1. The highest BCUT2D eigenvalue weighted by atomic mass is 32.2. The van der Waals surface area contributed by atoms with Crippen molar-refractivity contribution in [1.29, 1.82) is 0 Å². The van der Waals surface area contributed by atoms with Crippen molar-refractivity contribution in [2.24, 2.45) is 10.8 Å². The molecule has 0 bridgehead atoms. The van der Waals surface area contributed by atoms with Crippen LogP contribution in [-0.2, 0) is 28.8 Å². The molecule has 5 aromatic carbocycles. The lowest BCUT2D eigenvalue weighted by Crippen LogP contribution is -2.45. The number of halogens is 1. The number of hydrogen-bond donors (Lipinski definition) is 6. The Hall–Kier alpha value is -13.7. The molecule has 0 radical (unpaired) electrons. The summed E-state index contributed by atoms with van der Waals surface area (Å²) in [6.45, 7) is 11.9. The number of pyridine rings is 2. The van der Waals surface area contributed by atoms with Crippen LogP contribution in [0, 0.1) is 55.2 Å². The highest BCUT2D eigenvalue weighted by Crippen LogP contribution is 2.42. The number of H-pyrrole nitrogens is 3. The summed E-state index contributed by atoms with van der Waals surface area (Å²) >= 11 is 3.15. The molecule has 7 aromatic heterocycles. The minimum Gasteiger partial charge on any atom is -0.338 e. The zero-order chi connectivity index (χ0) is 89.2. The van der Waals surface area contributed by atoms with E-state index in [9.17, 15) is 33.2 Å². The zero-order valence-corrected chi connectivity index (χ0v) is 73.8. The van der Waals surface area contributed by atoms with Gasteiger partial charge in [0.15, 0.2) is 5.82 Å². The third kappa shape index (κ3) is 19.7. The van der Waals surface area contributed by atoms with E-state index in [1.807, 2.05) is 131 Å². The average molecular weight is 1760 g/mol. The van der Waals surface area contributed by atoms with Crippen LogP contribution in [0.15, 0.2) is 217 Å². The molecule has 0 spiro atoms. The molecule has 129 heavy (non-hydrogen) atoms. The van der Waals surface area contributed by atoms with Gasteiger partial charge in [0.2, 0.25) is 35.4 Å². The molecule has 6 N–H and O–H groups in total. The molecular formula is C100H99FN20O6S2. The first-order chi connectivity index (χ1) is 62.8. The molecule has 3 fully saturated rings. The Labute approximate surface area is 755 Å². The number of nitrogens with one attached hydrogen (secondary N) is 6. The number of aryl methyl sites for hydroxylation is 2. The van der Waals surface area contributed by atoms with E-state index in [0.29, 0.717) is 139 Å². The van der Waals surface area contributed by atoms with Gasteiger partial charge in [-0.15, -0.1) is 47.8 Å². The van der Waals surface area contributed by atoms with E-state index >= 15 is 0 Å². The Morgan fingerprint density at radius 2 is 0.938 bits per heavy atom. The normalized spacial score (nSPS) is 19.3. The standard InChI is InChI=1S/C36H34FN7O2S.C33H34N6O2.C31H31N7O2S/c1-47-36(35(46)40-29-11-12-31-30(21-29)33(42-41-31)26-7-9-28(37)10-8-26)15-20-43(23-36)22-32(45)44-18-13-25(14-19-44)24-3-5-27(6-4-24)34-38-16-2-17-39-34;1-3-13-33(14-18-38(22-33)21-30(40)39-16-11-25(12-17-39)24-6-4-5-7-24)32(41)35-27-8-9-29-28(20-27)31(37-36-29)26-10-15-34-23(2)19-26;1-3-9-31(10-15-37(20-31)19-27(39)38-13-7-22(8-14-38)29-33-12-16-41-29)30(40)34-24-4-5-26-25(18-24)28(36-35-26)23-6-11-32-21(2)17-23/h2-13,16-17,21H,14-15,18-20,22-23H2,1H3,(H,40,46)(H,41,42);1,4,6-11,15,19-20H,5,12-14,16-18,21-22H2,2H3,(H,35,41)(H,36,37);1,4-7,11-12,16-18H,8-10,13-15,19-20H2,2H3,(H,34,40)(H,35,36). The summed E-state index contributed by atoms with van der Waals surface area (Å²) in [4.78, 5) is 114. The van der Waals surface area contributed by atoms with E-state index < -0.39 is 15.6 Å². The van der Waals surface area contributed by atoms with Crippen LogP contribution in [-0.4, -0.2) is 230 Å². The number of rotatable bonds is 22. The van der Waals surface area contributed by atoms with E-state index in [-0.39, 0.29) is 54.3 Å². The van der Waals surface area contributed by atoms with Crippen molar-refractivity contribution in [1.82, 2.24) is 84.9 Å². The molecule has 1 aliphatic carbocycles. The molecule has 13 heterocycles. The van der Waals surface area contributed by atoms with Gasteiger partial charge in [-0.05, 0) is 215 Å². The molecule has 26 nitrogen and oxygen atoms in total. The first-order valence-corrected chi connectivity index (χ1v) is 45.5. The highest BCUT2D eigenvalue weighted by Gasteiger charge is 2.48. The largest absolute Gasteiger partial charge is 0.338 e. The molecular weight excluding hydrogens is 1660 g/mol. The van der Waals surface area contributed by atoms with E-state index in [1.54, 1.807) is 60.5 Å². The number of allylic oxidation sites excluding steroid dienone is 4. The summed E-state index contributed by atoms with van der Waals surface area (Å²) in [5.41, 5.74) is 17.1. The maximum absolute atomic E-state index is 13.7. The Balaban J connectivity index is 0.000000136. The average Bonchev–Trinajstić information content (AvgIpc) is 1.65. The Bertz CT molecular complexity index is 6490. The number of amides is 6. The summed E-state index contributed by atoms with van der Waals surface area (Å²) in [6.07, 6.45) is 41.1. The molecule has 6 amide bonds. The van der Waals surface area contributed by atoms with E-state index in [4.69, 9.17) is 12.8 Å². The maximum atomic E-state index is 13.7. The number of anilines is 3. The predicted octanol–water partition coefficient (Wildman–Crippen LogP) is 14.9. The van der Waals surface area contributed by atoms with Crippen molar-refractivity contribution in [3.63, 3.8) is 0 Å². The molecule has 0 saturated carbocycles. The number of terminal acetylenes is 2.